The third-order valence-electron chi connectivity index (χ3n) is 3.59. The van der Waals surface area contributed by atoms with Crippen LogP contribution >= 0.6 is 0 Å². The maximum absolute atomic E-state index is 13.3. The van der Waals surface area contributed by atoms with E-state index >= 15 is 0 Å². The lowest BCUT2D eigenvalue weighted by atomic mass is 10.1. The molecule has 0 atom stereocenters. The molecule has 3 nitrogen and oxygen atoms in total. The van der Waals surface area contributed by atoms with Gasteiger partial charge in [-0.25, -0.2) is 0 Å². The average molecular weight is 337 g/mol. The Balaban J connectivity index is 2.29. The van der Waals surface area contributed by atoms with E-state index in [4.69, 9.17) is 5.11 Å². The monoisotopic (exact) mass is 337 g/mol. The molecule has 0 fully saturated rings. The van der Waals surface area contributed by atoms with Crippen molar-refractivity contribution in [1.82, 2.24) is 0 Å². The van der Waals surface area contributed by atoms with Crippen molar-refractivity contribution in [2.45, 2.75) is 25.6 Å². The highest BCUT2D eigenvalue weighted by atomic mass is 19.4. The Morgan fingerprint density at radius 3 is 2.25 bits per heavy atom. The van der Waals surface area contributed by atoms with E-state index in [0.29, 0.717) is 0 Å². The third kappa shape index (κ3) is 5.01. The number of carbonyl (C=O) groups is 1. The first-order chi connectivity index (χ1) is 11.4. The molecule has 2 aromatic carbocycles. The summed E-state index contributed by atoms with van der Waals surface area (Å²) in [6, 6.07) is 14.5. The fraction of sp³-hybridized carbons (Fsp3) is 0.278. The predicted molar refractivity (Wildman–Crippen MR) is 85.8 cm³/mol. The molecule has 0 aromatic heterocycles. The zero-order valence-corrected chi connectivity index (χ0v) is 13.0. The summed E-state index contributed by atoms with van der Waals surface area (Å²) < 4.78 is 39.8. The molecule has 128 valence electrons. The van der Waals surface area contributed by atoms with Gasteiger partial charge in [0.05, 0.1) is 5.56 Å². The summed E-state index contributed by atoms with van der Waals surface area (Å²) in [5, 5.41) is 8.77. The number of carboxylic acids is 1. The van der Waals surface area contributed by atoms with Gasteiger partial charge in [0.1, 0.15) is 0 Å². The first kappa shape index (κ1) is 17.8. The van der Waals surface area contributed by atoms with Gasteiger partial charge in [-0.05, 0) is 24.1 Å². The fourth-order valence-electron chi connectivity index (χ4n) is 2.50. The van der Waals surface area contributed by atoms with E-state index in [9.17, 15) is 18.0 Å². The number of para-hydroxylation sites is 1. The second kappa shape index (κ2) is 7.86. The molecule has 0 saturated carbocycles. The average Bonchev–Trinajstić information content (AvgIpc) is 2.54. The Bertz CT molecular complexity index is 671. The molecular weight excluding hydrogens is 319 g/mol. The number of alkyl halides is 3. The number of hydrogen-bond acceptors (Lipinski definition) is 2. The third-order valence-corrected chi connectivity index (χ3v) is 3.59. The Kier molecular flexibility index (Phi) is 5.84. The number of anilines is 1. The van der Waals surface area contributed by atoms with Crippen molar-refractivity contribution in [3.8, 4) is 0 Å². The number of hydrogen-bond donors (Lipinski definition) is 1. The van der Waals surface area contributed by atoms with Gasteiger partial charge in [0.15, 0.2) is 0 Å². The van der Waals surface area contributed by atoms with E-state index in [2.05, 4.69) is 0 Å². The molecular formula is C18H18F3NO2. The summed E-state index contributed by atoms with van der Waals surface area (Å²) in [6.45, 7) is 0.516. The van der Waals surface area contributed by atoms with Crippen molar-refractivity contribution in [3.63, 3.8) is 0 Å². The fourth-order valence-corrected chi connectivity index (χ4v) is 2.50. The molecule has 0 unspecified atom stereocenters. The minimum absolute atomic E-state index is 0.0687. The minimum atomic E-state index is -4.46. The van der Waals surface area contributed by atoms with Crippen molar-refractivity contribution in [3.05, 3.63) is 65.7 Å². The highest BCUT2D eigenvalue weighted by Gasteiger charge is 2.34. The van der Waals surface area contributed by atoms with Crippen molar-refractivity contribution in [1.29, 1.82) is 0 Å². The first-order valence-electron chi connectivity index (χ1n) is 7.55. The van der Waals surface area contributed by atoms with Gasteiger partial charge < -0.3 is 10.0 Å². The largest absolute Gasteiger partial charge is 0.481 e. The zero-order valence-electron chi connectivity index (χ0n) is 13.0. The number of benzene rings is 2. The van der Waals surface area contributed by atoms with E-state index < -0.39 is 17.7 Å². The molecule has 0 spiro atoms. The Labute approximate surface area is 138 Å². The van der Waals surface area contributed by atoms with Crippen molar-refractivity contribution in [2.75, 3.05) is 11.4 Å². The Morgan fingerprint density at radius 1 is 1.00 bits per heavy atom. The standard InChI is InChI=1S/C18H18F3NO2/c19-18(20,21)15-9-4-5-10-16(15)22(12-6-11-17(23)24)13-14-7-2-1-3-8-14/h1-5,7-10H,6,11-13H2,(H,23,24). The number of nitrogens with zero attached hydrogens (tertiary/aromatic N) is 1. The summed E-state index contributed by atoms with van der Waals surface area (Å²) in [7, 11) is 0. The van der Waals surface area contributed by atoms with Gasteiger partial charge in [0, 0.05) is 25.2 Å². The van der Waals surface area contributed by atoms with Gasteiger partial charge in [0.25, 0.3) is 0 Å². The molecule has 0 radical (unpaired) electrons. The highest BCUT2D eigenvalue weighted by molar-refractivity contribution is 5.66. The normalized spacial score (nSPS) is 11.3. The van der Waals surface area contributed by atoms with Gasteiger partial charge >= 0.3 is 12.1 Å². The Morgan fingerprint density at radius 2 is 1.62 bits per heavy atom. The molecule has 6 heteroatoms. The van der Waals surface area contributed by atoms with E-state index in [1.54, 1.807) is 11.0 Å². The van der Waals surface area contributed by atoms with Crippen LogP contribution in [-0.4, -0.2) is 17.6 Å². The lowest BCUT2D eigenvalue weighted by Crippen LogP contribution is -2.27. The van der Waals surface area contributed by atoms with Gasteiger partial charge in [-0.3, -0.25) is 4.79 Å². The molecule has 0 heterocycles. The van der Waals surface area contributed by atoms with Gasteiger partial charge in [-0.2, -0.15) is 13.2 Å². The maximum atomic E-state index is 13.3. The van der Waals surface area contributed by atoms with Crippen LogP contribution in [0.25, 0.3) is 0 Å². The van der Waals surface area contributed by atoms with Gasteiger partial charge in [-0.15, -0.1) is 0 Å². The van der Waals surface area contributed by atoms with Crippen molar-refractivity contribution >= 4 is 11.7 Å². The second-order valence-corrected chi connectivity index (χ2v) is 5.42. The summed E-state index contributed by atoms with van der Waals surface area (Å²) in [4.78, 5) is 12.3. The van der Waals surface area contributed by atoms with Crippen LogP contribution in [0.5, 0.6) is 0 Å². The molecule has 0 aliphatic carbocycles. The lowest BCUT2D eigenvalue weighted by molar-refractivity contribution is -0.138. The van der Waals surface area contributed by atoms with Gasteiger partial charge in [-0.1, -0.05) is 42.5 Å². The van der Waals surface area contributed by atoms with E-state index in [0.717, 1.165) is 11.6 Å². The molecule has 2 rings (SSSR count). The molecule has 1 N–H and O–H groups in total. The first-order valence-corrected chi connectivity index (χ1v) is 7.55. The van der Waals surface area contributed by atoms with Gasteiger partial charge in [0.2, 0.25) is 0 Å². The summed E-state index contributed by atoms with van der Waals surface area (Å²) in [5.74, 6) is -0.959. The quantitative estimate of drug-likeness (QED) is 0.804. The topological polar surface area (TPSA) is 40.5 Å². The van der Waals surface area contributed by atoms with E-state index in [1.165, 1.54) is 12.1 Å². The molecule has 2 aromatic rings. The lowest BCUT2D eigenvalue weighted by Gasteiger charge is -2.28. The van der Waals surface area contributed by atoms with Crippen LogP contribution in [-0.2, 0) is 17.5 Å². The smallest absolute Gasteiger partial charge is 0.418 e. The maximum Gasteiger partial charge on any atom is 0.418 e. The number of aliphatic carboxylic acids is 1. The minimum Gasteiger partial charge on any atom is -0.481 e. The molecule has 0 saturated heterocycles. The summed E-state index contributed by atoms with van der Waals surface area (Å²) >= 11 is 0. The van der Waals surface area contributed by atoms with Crippen molar-refractivity contribution < 1.29 is 23.1 Å². The SMILES string of the molecule is O=C(O)CCCN(Cc1ccccc1)c1ccccc1C(F)(F)F. The number of carboxylic acid groups (broad SMARTS) is 1. The Hall–Kier alpha value is -2.50. The number of rotatable bonds is 7. The molecule has 0 amide bonds. The predicted octanol–water partition coefficient (Wildman–Crippen LogP) is 4.58. The number of halogens is 3. The van der Waals surface area contributed by atoms with Crippen LogP contribution in [0.3, 0.4) is 0 Å². The van der Waals surface area contributed by atoms with Crippen LogP contribution < -0.4 is 4.90 Å². The van der Waals surface area contributed by atoms with Crippen molar-refractivity contribution in [2.24, 2.45) is 0 Å². The van der Waals surface area contributed by atoms with E-state index in [1.807, 2.05) is 30.3 Å². The summed E-state index contributed by atoms with van der Waals surface area (Å²) in [6.07, 6.45) is -4.27. The molecule has 24 heavy (non-hydrogen) atoms. The van der Waals surface area contributed by atoms with Crippen LogP contribution in [0, 0.1) is 0 Å². The second-order valence-electron chi connectivity index (χ2n) is 5.42. The zero-order chi connectivity index (χ0) is 17.6. The van der Waals surface area contributed by atoms with Crippen LogP contribution in [0.15, 0.2) is 54.6 Å². The summed E-state index contributed by atoms with van der Waals surface area (Å²) in [5.41, 5.74) is 0.223. The van der Waals surface area contributed by atoms with Crippen LogP contribution in [0.4, 0.5) is 18.9 Å². The molecule has 0 aliphatic heterocycles. The van der Waals surface area contributed by atoms with Crippen LogP contribution in [0.2, 0.25) is 0 Å². The van der Waals surface area contributed by atoms with E-state index in [-0.39, 0.29) is 31.6 Å². The highest BCUT2D eigenvalue weighted by Crippen LogP contribution is 2.37. The molecule has 0 bridgehead atoms. The molecule has 0 aliphatic rings. The van der Waals surface area contributed by atoms with Crippen LogP contribution in [0.1, 0.15) is 24.0 Å².